The molecular weight excluding hydrogens is 1010 g/mol. The van der Waals surface area contributed by atoms with Gasteiger partial charge in [0, 0.05) is 0 Å². The van der Waals surface area contributed by atoms with E-state index < -0.39 is 47.0 Å². The van der Waals surface area contributed by atoms with Gasteiger partial charge in [0.15, 0.2) is 34.6 Å². The number of rotatable bonds is 30. The number of benzene rings is 7. The van der Waals surface area contributed by atoms with Crippen molar-refractivity contribution in [1.29, 1.82) is 5.26 Å². The first-order chi connectivity index (χ1) is 39.0. The Morgan fingerprint density at radius 3 is 0.975 bits per heavy atom. The number of carbonyl (C=O) groups is 4. The van der Waals surface area contributed by atoms with Crippen LogP contribution in [0.2, 0.25) is 0 Å². The summed E-state index contributed by atoms with van der Waals surface area (Å²) in [6.45, 7) is 4.48. The van der Waals surface area contributed by atoms with E-state index in [0.29, 0.717) is 0 Å². The van der Waals surface area contributed by atoms with Crippen molar-refractivity contribution in [1.82, 2.24) is 0 Å². The highest BCUT2D eigenvalue weighted by Crippen LogP contribution is 2.31. The fraction of sp³-hybridized carbons (Fsp3) is 0.319. The van der Waals surface area contributed by atoms with Crippen molar-refractivity contribution in [3.8, 4) is 51.3 Å². The van der Waals surface area contributed by atoms with Gasteiger partial charge in [-0.15, -0.1) is 0 Å². The number of esters is 4. The Bertz CT molecular complexity index is 2980. The summed E-state index contributed by atoms with van der Waals surface area (Å²) < 4.78 is 52.2. The monoisotopic (exact) mass is 1080 g/mol. The molecule has 0 radical (unpaired) electrons. The molecule has 7 rings (SSSR count). The standard InChI is InChI=1S/C69H71F2NO8/c1-3-5-7-9-11-13-15-17-19-22-49-26-30-51(31-27-49)53-34-38-55(39-35-53)66(73)79-64-44-42-57(46-60(64)70)68(75)77-62-24-21-25-63(59(62)48-72)78-69(76)58-43-45-65(61(71)47-58)80-67(74)56-40-36-54(37-41-56)52-32-28-50(29-33-52)23-20-18-16-14-12-10-8-6-4-2/h21,24-47H,3-20,22-23H2,1-2H3. The maximum absolute atomic E-state index is 15.3. The average Bonchev–Trinajstić information content (AvgIpc) is 3.49. The van der Waals surface area contributed by atoms with Gasteiger partial charge in [-0.25, -0.2) is 28.0 Å². The van der Waals surface area contributed by atoms with Crippen molar-refractivity contribution in [3.63, 3.8) is 0 Å². The Morgan fingerprint density at radius 1 is 0.362 bits per heavy atom. The summed E-state index contributed by atoms with van der Waals surface area (Å²) in [6.07, 6.45) is 25.3. The SMILES string of the molecule is CCCCCCCCCCCc1ccc(-c2ccc(C(=O)Oc3ccc(C(=O)Oc4cccc(OC(=O)c5ccc(OC(=O)c6ccc(-c7ccc(CCCCCCCCCCC)cc7)cc6)c(F)c5)c4C#N)cc3F)cc2)cc1. The third-order valence-electron chi connectivity index (χ3n) is 14.2. The van der Waals surface area contributed by atoms with Crippen LogP contribution < -0.4 is 18.9 Å². The van der Waals surface area contributed by atoms with Gasteiger partial charge in [0.2, 0.25) is 0 Å². The topological polar surface area (TPSA) is 129 Å². The van der Waals surface area contributed by atoms with E-state index in [4.69, 9.17) is 18.9 Å². The summed E-state index contributed by atoms with van der Waals surface area (Å²) in [6, 6.07) is 42.4. The van der Waals surface area contributed by atoms with Gasteiger partial charge >= 0.3 is 23.9 Å². The molecule has 7 aromatic carbocycles. The van der Waals surface area contributed by atoms with E-state index in [1.54, 1.807) is 48.5 Å². The maximum Gasteiger partial charge on any atom is 0.343 e. The molecule has 0 aliphatic heterocycles. The van der Waals surface area contributed by atoms with Gasteiger partial charge < -0.3 is 18.9 Å². The van der Waals surface area contributed by atoms with Crippen LogP contribution in [0.4, 0.5) is 8.78 Å². The number of hydrogen-bond acceptors (Lipinski definition) is 9. The number of aryl methyl sites for hydroxylation is 2. The molecule has 0 atom stereocenters. The third kappa shape index (κ3) is 17.9. The van der Waals surface area contributed by atoms with Gasteiger partial charge in [-0.3, -0.25) is 0 Å². The molecule has 0 bridgehead atoms. The molecule has 0 aliphatic carbocycles. The predicted molar refractivity (Wildman–Crippen MR) is 309 cm³/mol. The second kappa shape index (κ2) is 31.4. The van der Waals surface area contributed by atoms with Gasteiger partial charge in [0.1, 0.15) is 11.6 Å². The van der Waals surface area contributed by atoms with Crippen molar-refractivity contribution in [2.24, 2.45) is 0 Å². The Labute approximate surface area is 469 Å². The highest BCUT2D eigenvalue weighted by Gasteiger charge is 2.22. The third-order valence-corrected chi connectivity index (χ3v) is 14.2. The van der Waals surface area contributed by atoms with E-state index in [1.165, 1.54) is 157 Å². The first kappa shape index (κ1) is 59.4. The van der Waals surface area contributed by atoms with E-state index in [2.05, 4.69) is 62.4 Å². The average molecular weight is 1080 g/mol. The van der Waals surface area contributed by atoms with E-state index in [9.17, 15) is 24.4 Å². The highest BCUT2D eigenvalue weighted by molar-refractivity contribution is 5.95. The second-order valence-electron chi connectivity index (χ2n) is 20.3. The number of nitriles is 1. The van der Waals surface area contributed by atoms with Crippen molar-refractivity contribution in [3.05, 3.63) is 202 Å². The van der Waals surface area contributed by atoms with Crippen LogP contribution in [0.25, 0.3) is 22.3 Å². The molecule has 0 heterocycles. The first-order valence-electron chi connectivity index (χ1n) is 28.4. The number of nitrogens with zero attached hydrogens (tertiary/aromatic N) is 1. The Balaban J connectivity index is 0.860. The predicted octanol–water partition coefficient (Wildman–Crippen LogP) is 18.2. The molecule has 0 saturated heterocycles. The summed E-state index contributed by atoms with van der Waals surface area (Å²) in [5.74, 6) is -7.26. The maximum atomic E-state index is 15.3. The van der Waals surface area contributed by atoms with Gasteiger partial charge in [-0.05, 0) is 132 Å². The van der Waals surface area contributed by atoms with Crippen LogP contribution in [0.1, 0.15) is 188 Å². The normalized spacial score (nSPS) is 10.9. The molecule has 0 unspecified atom stereocenters. The minimum Gasteiger partial charge on any atom is -0.421 e. The summed E-state index contributed by atoms with van der Waals surface area (Å²) in [4.78, 5) is 52.5. The van der Waals surface area contributed by atoms with Crippen molar-refractivity contribution in [2.45, 2.75) is 142 Å². The fourth-order valence-electron chi connectivity index (χ4n) is 9.45. The summed E-state index contributed by atoms with van der Waals surface area (Å²) in [5, 5.41) is 10.0. The number of halogens is 2. The molecule has 80 heavy (non-hydrogen) atoms. The van der Waals surface area contributed by atoms with Crippen LogP contribution in [-0.4, -0.2) is 23.9 Å². The zero-order valence-corrected chi connectivity index (χ0v) is 46.0. The zero-order chi connectivity index (χ0) is 56.5. The lowest BCUT2D eigenvalue weighted by molar-refractivity contribution is 0.0716. The number of carbonyl (C=O) groups excluding carboxylic acids is 4. The first-order valence-corrected chi connectivity index (χ1v) is 28.4. The van der Waals surface area contributed by atoms with E-state index in [-0.39, 0.29) is 39.3 Å². The zero-order valence-electron chi connectivity index (χ0n) is 46.0. The van der Waals surface area contributed by atoms with Crippen LogP contribution >= 0.6 is 0 Å². The summed E-state index contributed by atoms with van der Waals surface area (Å²) >= 11 is 0. The quantitative estimate of drug-likeness (QED) is 0.0245. The van der Waals surface area contributed by atoms with Crippen LogP contribution in [0, 0.1) is 23.0 Å². The Kier molecular flexibility index (Phi) is 23.3. The fourth-order valence-corrected chi connectivity index (χ4v) is 9.45. The molecule has 11 heteroatoms. The number of ether oxygens (including phenoxy) is 4. The molecule has 0 amide bonds. The lowest BCUT2D eigenvalue weighted by Crippen LogP contribution is -2.14. The number of unbranched alkanes of at least 4 members (excludes halogenated alkanes) is 16. The second-order valence-corrected chi connectivity index (χ2v) is 20.3. The molecule has 0 aliphatic rings. The molecule has 0 spiro atoms. The van der Waals surface area contributed by atoms with Crippen LogP contribution in [0.5, 0.6) is 23.0 Å². The molecule has 414 valence electrons. The Morgan fingerprint density at radius 2 is 0.650 bits per heavy atom. The lowest BCUT2D eigenvalue weighted by atomic mass is 10.00. The van der Waals surface area contributed by atoms with Crippen molar-refractivity contribution in [2.75, 3.05) is 0 Å². The van der Waals surface area contributed by atoms with Crippen LogP contribution in [-0.2, 0) is 12.8 Å². The molecule has 0 aromatic heterocycles. The molecule has 9 nitrogen and oxygen atoms in total. The highest BCUT2D eigenvalue weighted by atomic mass is 19.1. The molecule has 0 N–H and O–H groups in total. The smallest absolute Gasteiger partial charge is 0.343 e. The van der Waals surface area contributed by atoms with Crippen molar-refractivity contribution >= 4 is 23.9 Å². The molecule has 0 saturated carbocycles. The van der Waals surface area contributed by atoms with E-state index >= 15 is 8.78 Å². The van der Waals surface area contributed by atoms with Crippen LogP contribution in [0.3, 0.4) is 0 Å². The minimum atomic E-state index is -1.07. The molecule has 0 fully saturated rings. The molecular formula is C69H71F2NO8. The molecule has 7 aromatic rings. The van der Waals surface area contributed by atoms with Gasteiger partial charge in [-0.2, -0.15) is 5.26 Å². The summed E-state index contributed by atoms with van der Waals surface area (Å²) in [7, 11) is 0. The van der Waals surface area contributed by atoms with E-state index in [0.717, 1.165) is 59.4 Å². The minimum absolute atomic E-state index is 0.194. The van der Waals surface area contributed by atoms with Crippen LogP contribution in [0.15, 0.2) is 152 Å². The largest absolute Gasteiger partial charge is 0.421 e. The van der Waals surface area contributed by atoms with Crippen molar-refractivity contribution < 1.29 is 46.9 Å². The van der Waals surface area contributed by atoms with Gasteiger partial charge in [0.05, 0.1) is 22.3 Å². The van der Waals surface area contributed by atoms with E-state index in [1.807, 2.05) is 6.07 Å². The Hall–Kier alpha value is -8.23. The number of hydrogen-bond donors (Lipinski definition) is 0. The van der Waals surface area contributed by atoms with Gasteiger partial charge in [0.25, 0.3) is 0 Å². The summed E-state index contributed by atoms with van der Waals surface area (Å²) in [5.41, 5.74) is 5.87. The lowest BCUT2D eigenvalue weighted by Gasteiger charge is -2.12. The van der Waals surface area contributed by atoms with Gasteiger partial charge in [-0.1, -0.05) is 195 Å².